The van der Waals surface area contributed by atoms with Crippen LogP contribution in [0.4, 0.5) is 0 Å². The number of benzene rings is 2. The third-order valence-corrected chi connectivity index (χ3v) is 4.53. The lowest BCUT2D eigenvalue weighted by Gasteiger charge is -2.21. The van der Waals surface area contributed by atoms with Gasteiger partial charge in [-0.3, -0.25) is 0 Å². The van der Waals surface area contributed by atoms with E-state index in [2.05, 4.69) is 6.07 Å². The molecule has 0 saturated heterocycles. The normalized spacial score (nSPS) is 12.7. The minimum atomic E-state index is -0.324. The van der Waals surface area contributed by atoms with Gasteiger partial charge in [0.1, 0.15) is 13.2 Å². The average Bonchev–Trinajstić information content (AvgIpc) is 2.70. The first-order valence-electron chi connectivity index (χ1n) is 8.91. The summed E-state index contributed by atoms with van der Waals surface area (Å²) in [6.07, 6.45) is 3.24. The van der Waals surface area contributed by atoms with E-state index in [0.717, 1.165) is 42.7 Å². The summed E-state index contributed by atoms with van der Waals surface area (Å²) >= 11 is 0. The molecule has 138 valence electrons. The fourth-order valence-corrected chi connectivity index (χ4v) is 3.11. The van der Waals surface area contributed by atoms with Gasteiger partial charge in [-0.25, -0.2) is 4.79 Å². The highest BCUT2D eigenvalue weighted by Crippen LogP contribution is 2.34. The summed E-state index contributed by atoms with van der Waals surface area (Å²) in [7, 11) is 1.38. The molecule has 0 aromatic heterocycles. The number of ether oxygens (including phenoxy) is 3. The number of hydrogen-bond acceptors (Lipinski definition) is 5. The summed E-state index contributed by atoms with van der Waals surface area (Å²) in [5.74, 6) is 1.25. The van der Waals surface area contributed by atoms with E-state index in [4.69, 9.17) is 19.3 Å². The van der Waals surface area contributed by atoms with Crippen LogP contribution >= 0.6 is 0 Å². The molecule has 26 heavy (non-hydrogen) atoms. The van der Waals surface area contributed by atoms with Crippen molar-refractivity contribution in [3.8, 4) is 11.5 Å². The number of fused-ring (bicyclic) bond motifs is 1. The van der Waals surface area contributed by atoms with E-state index in [1.54, 1.807) is 12.1 Å². The quantitative estimate of drug-likeness (QED) is 0.773. The highest BCUT2D eigenvalue weighted by atomic mass is 16.6. The van der Waals surface area contributed by atoms with Crippen LogP contribution in [0.15, 0.2) is 36.4 Å². The van der Waals surface area contributed by atoms with Gasteiger partial charge >= 0.3 is 5.97 Å². The van der Waals surface area contributed by atoms with E-state index < -0.39 is 0 Å². The van der Waals surface area contributed by atoms with Crippen molar-refractivity contribution >= 4 is 5.97 Å². The Balaban J connectivity index is 1.74. The minimum Gasteiger partial charge on any atom is -0.486 e. The first-order valence-corrected chi connectivity index (χ1v) is 8.91. The number of hydrogen-bond donors (Lipinski definition) is 1. The molecular weight excluding hydrogens is 332 g/mol. The van der Waals surface area contributed by atoms with E-state index in [1.807, 2.05) is 18.2 Å². The predicted molar refractivity (Wildman–Crippen MR) is 98.0 cm³/mol. The zero-order valence-corrected chi connectivity index (χ0v) is 15.0. The SMILES string of the molecule is COC(=O)c1ccc(CCc2cc3c(cc2CCCO)OCCO3)cc1. The lowest BCUT2D eigenvalue weighted by molar-refractivity contribution is 0.0600. The molecular formula is C21H24O5. The smallest absolute Gasteiger partial charge is 0.337 e. The second-order valence-electron chi connectivity index (χ2n) is 6.28. The predicted octanol–water partition coefficient (Wildman–Crippen LogP) is 2.95. The molecule has 0 bridgehead atoms. The second-order valence-corrected chi connectivity index (χ2v) is 6.28. The molecule has 0 amide bonds. The Morgan fingerprint density at radius 2 is 1.62 bits per heavy atom. The van der Waals surface area contributed by atoms with Crippen LogP contribution in [0, 0.1) is 0 Å². The maximum atomic E-state index is 11.5. The zero-order chi connectivity index (χ0) is 18.4. The largest absolute Gasteiger partial charge is 0.486 e. The minimum absolute atomic E-state index is 0.170. The molecule has 2 aromatic rings. The second kappa shape index (κ2) is 8.72. The van der Waals surface area contributed by atoms with Crippen molar-refractivity contribution in [2.75, 3.05) is 26.9 Å². The van der Waals surface area contributed by atoms with Crippen LogP contribution in [0.2, 0.25) is 0 Å². The van der Waals surface area contributed by atoms with Crippen molar-refractivity contribution in [3.05, 3.63) is 58.7 Å². The highest BCUT2D eigenvalue weighted by Gasteiger charge is 2.16. The van der Waals surface area contributed by atoms with E-state index >= 15 is 0 Å². The molecule has 5 nitrogen and oxygen atoms in total. The lowest BCUT2D eigenvalue weighted by atomic mass is 9.96. The molecule has 0 atom stereocenters. The monoisotopic (exact) mass is 356 g/mol. The molecule has 1 heterocycles. The van der Waals surface area contributed by atoms with Gasteiger partial charge in [0.25, 0.3) is 0 Å². The Kier molecular flexibility index (Phi) is 6.12. The molecule has 0 unspecified atom stereocenters. The Hall–Kier alpha value is -2.53. The number of aliphatic hydroxyl groups excluding tert-OH is 1. The van der Waals surface area contributed by atoms with Gasteiger partial charge in [-0.1, -0.05) is 12.1 Å². The van der Waals surface area contributed by atoms with Crippen LogP contribution in [0.3, 0.4) is 0 Å². The average molecular weight is 356 g/mol. The molecule has 1 N–H and O–H groups in total. The number of aryl methyl sites for hydroxylation is 3. The van der Waals surface area contributed by atoms with Crippen LogP contribution in [0.5, 0.6) is 11.5 Å². The maximum Gasteiger partial charge on any atom is 0.337 e. The lowest BCUT2D eigenvalue weighted by Crippen LogP contribution is -2.16. The standard InChI is InChI=1S/C21H24O5/c1-24-21(23)16-7-4-15(5-8-16)6-9-18-14-20-19(25-11-12-26-20)13-17(18)3-2-10-22/h4-5,7-8,13-14,22H,2-3,6,9-12H2,1H3. The third-order valence-electron chi connectivity index (χ3n) is 4.53. The molecule has 0 fully saturated rings. The van der Waals surface area contributed by atoms with Crippen LogP contribution in [0.1, 0.15) is 33.5 Å². The van der Waals surface area contributed by atoms with Gasteiger partial charge in [0.2, 0.25) is 0 Å². The number of rotatable bonds is 7. The van der Waals surface area contributed by atoms with Crippen LogP contribution in [-0.2, 0) is 24.0 Å². The van der Waals surface area contributed by atoms with E-state index in [1.165, 1.54) is 18.2 Å². The van der Waals surface area contributed by atoms with Crippen LogP contribution < -0.4 is 9.47 Å². The molecule has 2 aromatic carbocycles. The van der Waals surface area contributed by atoms with Crippen molar-refractivity contribution in [2.24, 2.45) is 0 Å². The van der Waals surface area contributed by atoms with Gasteiger partial charge in [-0.2, -0.15) is 0 Å². The number of aliphatic hydroxyl groups is 1. The van der Waals surface area contributed by atoms with Gasteiger partial charge in [0.15, 0.2) is 11.5 Å². The zero-order valence-electron chi connectivity index (χ0n) is 15.0. The molecule has 0 radical (unpaired) electrons. The third kappa shape index (κ3) is 4.35. The topological polar surface area (TPSA) is 65.0 Å². The molecule has 0 saturated carbocycles. The van der Waals surface area contributed by atoms with Crippen molar-refractivity contribution in [1.82, 2.24) is 0 Å². The Bertz CT molecular complexity index is 752. The number of carbonyl (C=O) groups is 1. The van der Waals surface area contributed by atoms with E-state index in [9.17, 15) is 4.79 Å². The van der Waals surface area contributed by atoms with Gasteiger partial charge in [-0.15, -0.1) is 0 Å². The summed E-state index contributed by atoms with van der Waals surface area (Å²) in [6, 6.07) is 11.6. The molecule has 5 heteroatoms. The number of methoxy groups -OCH3 is 1. The summed E-state index contributed by atoms with van der Waals surface area (Å²) in [4.78, 5) is 11.5. The molecule has 0 spiro atoms. The van der Waals surface area contributed by atoms with Gasteiger partial charge < -0.3 is 19.3 Å². The fourth-order valence-electron chi connectivity index (χ4n) is 3.11. The van der Waals surface area contributed by atoms with Crippen molar-refractivity contribution in [3.63, 3.8) is 0 Å². The number of esters is 1. The Morgan fingerprint density at radius 3 is 2.19 bits per heavy atom. The van der Waals surface area contributed by atoms with Crippen LogP contribution in [0.25, 0.3) is 0 Å². The van der Waals surface area contributed by atoms with Crippen molar-refractivity contribution in [2.45, 2.75) is 25.7 Å². The Labute approximate surface area is 153 Å². The molecule has 3 rings (SSSR count). The summed E-state index contributed by atoms with van der Waals surface area (Å²) in [5.41, 5.74) is 4.11. The maximum absolute atomic E-state index is 11.5. The summed E-state index contributed by atoms with van der Waals surface area (Å²) in [6.45, 7) is 1.30. The number of carbonyl (C=O) groups excluding carboxylic acids is 1. The van der Waals surface area contributed by atoms with Gasteiger partial charge in [-0.05, 0) is 66.6 Å². The molecule has 1 aliphatic rings. The van der Waals surface area contributed by atoms with Crippen LogP contribution in [-0.4, -0.2) is 38.0 Å². The van der Waals surface area contributed by atoms with Crippen molar-refractivity contribution in [1.29, 1.82) is 0 Å². The molecule has 1 aliphatic heterocycles. The fraction of sp³-hybridized carbons (Fsp3) is 0.381. The highest BCUT2D eigenvalue weighted by molar-refractivity contribution is 5.89. The molecule has 0 aliphatic carbocycles. The van der Waals surface area contributed by atoms with Gasteiger partial charge in [0, 0.05) is 6.61 Å². The Morgan fingerprint density at radius 1 is 1.00 bits per heavy atom. The van der Waals surface area contributed by atoms with E-state index in [0.29, 0.717) is 18.8 Å². The first kappa shape index (κ1) is 18.3. The van der Waals surface area contributed by atoms with Gasteiger partial charge in [0.05, 0.1) is 12.7 Å². The summed E-state index contributed by atoms with van der Waals surface area (Å²) in [5, 5.41) is 9.16. The van der Waals surface area contributed by atoms with E-state index in [-0.39, 0.29) is 12.6 Å². The first-order chi connectivity index (χ1) is 12.7. The van der Waals surface area contributed by atoms with Crippen molar-refractivity contribution < 1.29 is 24.1 Å². The summed E-state index contributed by atoms with van der Waals surface area (Å²) < 4.78 is 16.1.